The second-order valence-corrected chi connectivity index (χ2v) is 6.16. The molecule has 1 aliphatic rings. The lowest BCUT2D eigenvalue weighted by Gasteiger charge is -2.26. The van der Waals surface area contributed by atoms with Crippen LogP contribution in [0, 0.1) is 5.92 Å². The molecule has 2 N–H and O–H groups in total. The molecular formula is C17H27NO. The van der Waals surface area contributed by atoms with Crippen molar-refractivity contribution in [2.24, 2.45) is 5.92 Å². The summed E-state index contributed by atoms with van der Waals surface area (Å²) in [5.41, 5.74) is 4.41. The van der Waals surface area contributed by atoms with Crippen molar-refractivity contribution in [3.8, 4) is 0 Å². The molecule has 2 rings (SSSR count). The molecule has 2 unspecified atom stereocenters. The minimum absolute atomic E-state index is 0.172. The summed E-state index contributed by atoms with van der Waals surface area (Å²) in [6.07, 6.45) is 5.12. The minimum atomic E-state index is 0.172. The van der Waals surface area contributed by atoms with Crippen LogP contribution in [0.1, 0.15) is 56.3 Å². The average molecular weight is 261 g/mol. The van der Waals surface area contributed by atoms with Gasteiger partial charge < -0.3 is 10.4 Å². The van der Waals surface area contributed by atoms with Crippen LogP contribution in [0.5, 0.6) is 0 Å². The highest BCUT2D eigenvalue weighted by Gasteiger charge is 2.17. The van der Waals surface area contributed by atoms with Crippen LogP contribution < -0.4 is 5.32 Å². The van der Waals surface area contributed by atoms with Crippen molar-refractivity contribution >= 4 is 0 Å². The Morgan fingerprint density at radius 1 is 1.11 bits per heavy atom. The molecule has 0 amide bonds. The predicted molar refractivity (Wildman–Crippen MR) is 80.3 cm³/mol. The largest absolute Gasteiger partial charge is 0.395 e. The third-order valence-electron chi connectivity index (χ3n) is 4.34. The van der Waals surface area contributed by atoms with Crippen LogP contribution in [0.25, 0.3) is 0 Å². The van der Waals surface area contributed by atoms with Gasteiger partial charge in [0.15, 0.2) is 0 Å². The Hall–Kier alpha value is -0.860. The number of fused-ring (bicyclic) bond motifs is 1. The van der Waals surface area contributed by atoms with Crippen LogP contribution in [-0.2, 0) is 12.8 Å². The standard InChI is InChI=1S/C17H27NO/c1-12(2)17(11-19)18-13(3)15-9-8-14-6-4-5-7-16(14)10-15/h8-10,12-13,17-19H,4-7,11H2,1-3H3. The molecule has 1 aliphatic carbocycles. The summed E-state index contributed by atoms with van der Waals surface area (Å²) in [7, 11) is 0. The summed E-state index contributed by atoms with van der Waals surface area (Å²) < 4.78 is 0. The number of hydrogen-bond donors (Lipinski definition) is 2. The number of benzene rings is 1. The molecule has 0 bridgehead atoms. The molecule has 0 radical (unpaired) electrons. The average Bonchev–Trinajstić information content (AvgIpc) is 2.43. The van der Waals surface area contributed by atoms with E-state index in [1.807, 2.05) is 0 Å². The number of rotatable bonds is 5. The molecule has 106 valence electrons. The van der Waals surface area contributed by atoms with Crippen LogP contribution in [0.2, 0.25) is 0 Å². The molecule has 0 heterocycles. The van der Waals surface area contributed by atoms with E-state index in [1.54, 1.807) is 0 Å². The summed E-state index contributed by atoms with van der Waals surface area (Å²) in [4.78, 5) is 0. The van der Waals surface area contributed by atoms with Crippen molar-refractivity contribution < 1.29 is 5.11 Å². The molecule has 0 fully saturated rings. The van der Waals surface area contributed by atoms with Crippen LogP contribution in [0.3, 0.4) is 0 Å². The van der Waals surface area contributed by atoms with E-state index in [9.17, 15) is 5.11 Å². The topological polar surface area (TPSA) is 32.3 Å². The second kappa shape index (κ2) is 6.53. The van der Waals surface area contributed by atoms with Gasteiger partial charge in [-0.05, 0) is 55.2 Å². The molecule has 0 saturated heterocycles. The Morgan fingerprint density at radius 2 is 1.79 bits per heavy atom. The monoisotopic (exact) mass is 261 g/mol. The van der Waals surface area contributed by atoms with E-state index in [-0.39, 0.29) is 12.6 Å². The van der Waals surface area contributed by atoms with E-state index in [0.29, 0.717) is 12.0 Å². The quantitative estimate of drug-likeness (QED) is 0.853. The summed E-state index contributed by atoms with van der Waals surface area (Å²) in [5.74, 6) is 0.449. The van der Waals surface area contributed by atoms with Crippen molar-refractivity contribution in [1.82, 2.24) is 5.32 Å². The molecule has 19 heavy (non-hydrogen) atoms. The van der Waals surface area contributed by atoms with Gasteiger partial charge in [-0.1, -0.05) is 32.0 Å². The normalized spacial score (nSPS) is 18.2. The van der Waals surface area contributed by atoms with Gasteiger partial charge in [-0.2, -0.15) is 0 Å². The minimum Gasteiger partial charge on any atom is -0.395 e. The third kappa shape index (κ3) is 3.58. The first kappa shape index (κ1) is 14.5. The number of aliphatic hydroxyl groups is 1. The van der Waals surface area contributed by atoms with Gasteiger partial charge in [-0.15, -0.1) is 0 Å². The van der Waals surface area contributed by atoms with E-state index in [2.05, 4.69) is 44.3 Å². The number of nitrogens with one attached hydrogen (secondary N) is 1. The van der Waals surface area contributed by atoms with E-state index >= 15 is 0 Å². The Morgan fingerprint density at radius 3 is 2.42 bits per heavy atom. The van der Waals surface area contributed by atoms with E-state index in [4.69, 9.17) is 0 Å². The Bertz CT molecular complexity index is 414. The molecule has 0 spiro atoms. The van der Waals surface area contributed by atoms with Gasteiger partial charge in [-0.3, -0.25) is 0 Å². The molecule has 1 aromatic rings. The van der Waals surface area contributed by atoms with Gasteiger partial charge in [0.05, 0.1) is 6.61 Å². The second-order valence-electron chi connectivity index (χ2n) is 6.16. The fourth-order valence-corrected chi connectivity index (χ4v) is 2.90. The van der Waals surface area contributed by atoms with Gasteiger partial charge in [0.1, 0.15) is 0 Å². The Balaban J connectivity index is 2.08. The van der Waals surface area contributed by atoms with Crippen LogP contribution >= 0.6 is 0 Å². The fourth-order valence-electron chi connectivity index (χ4n) is 2.90. The first-order chi connectivity index (χ1) is 9.11. The molecule has 0 aliphatic heterocycles. The SMILES string of the molecule is CC(NC(CO)C(C)C)c1ccc2c(c1)CCCC2. The third-order valence-corrected chi connectivity index (χ3v) is 4.34. The van der Waals surface area contributed by atoms with Crippen molar-refractivity contribution in [2.75, 3.05) is 6.61 Å². The van der Waals surface area contributed by atoms with E-state index in [1.165, 1.54) is 42.4 Å². The van der Waals surface area contributed by atoms with E-state index in [0.717, 1.165) is 0 Å². The fraction of sp³-hybridized carbons (Fsp3) is 0.647. The lowest BCUT2D eigenvalue weighted by Crippen LogP contribution is -2.38. The Labute approximate surface area is 117 Å². The number of aliphatic hydroxyl groups excluding tert-OH is 1. The van der Waals surface area contributed by atoms with Gasteiger partial charge in [0.2, 0.25) is 0 Å². The van der Waals surface area contributed by atoms with Crippen molar-refractivity contribution in [3.05, 3.63) is 34.9 Å². The van der Waals surface area contributed by atoms with E-state index < -0.39 is 0 Å². The highest BCUT2D eigenvalue weighted by molar-refractivity contribution is 5.35. The zero-order valence-electron chi connectivity index (χ0n) is 12.4. The molecule has 2 heteroatoms. The maximum atomic E-state index is 9.42. The predicted octanol–water partition coefficient (Wildman–Crippen LogP) is 3.23. The van der Waals surface area contributed by atoms with Crippen LogP contribution in [0.4, 0.5) is 0 Å². The first-order valence-corrected chi connectivity index (χ1v) is 7.60. The molecule has 2 atom stereocenters. The molecule has 2 nitrogen and oxygen atoms in total. The zero-order valence-corrected chi connectivity index (χ0v) is 12.4. The summed E-state index contributed by atoms with van der Waals surface area (Å²) >= 11 is 0. The molecular weight excluding hydrogens is 234 g/mol. The summed E-state index contributed by atoms with van der Waals surface area (Å²) in [5, 5.41) is 13.0. The van der Waals surface area contributed by atoms with Gasteiger partial charge in [-0.25, -0.2) is 0 Å². The lowest BCUT2D eigenvalue weighted by atomic mass is 9.89. The Kier molecular flexibility index (Phi) is 5.00. The van der Waals surface area contributed by atoms with Gasteiger partial charge in [0.25, 0.3) is 0 Å². The molecule has 0 aromatic heterocycles. The summed E-state index contributed by atoms with van der Waals surface area (Å²) in [6.45, 7) is 6.68. The van der Waals surface area contributed by atoms with Crippen molar-refractivity contribution in [1.29, 1.82) is 0 Å². The van der Waals surface area contributed by atoms with Crippen molar-refractivity contribution in [3.63, 3.8) is 0 Å². The van der Waals surface area contributed by atoms with Crippen LogP contribution in [0.15, 0.2) is 18.2 Å². The smallest absolute Gasteiger partial charge is 0.0587 e. The van der Waals surface area contributed by atoms with Gasteiger partial charge in [0, 0.05) is 12.1 Å². The highest BCUT2D eigenvalue weighted by atomic mass is 16.3. The lowest BCUT2D eigenvalue weighted by molar-refractivity contribution is 0.201. The van der Waals surface area contributed by atoms with Crippen molar-refractivity contribution in [2.45, 2.75) is 58.5 Å². The first-order valence-electron chi connectivity index (χ1n) is 7.60. The van der Waals surface area contributed by atoms with Crippen LogP contribution in [-0.4, -0.2) is 17.8 Å². The highest BCUT2D eigenvalue weighted by Crippen LogP contribution is 2.25. The molecule has 1 aromatic carbocycles. The number of aryl methyl sites for hydroxylation is 2. The maximum absolute atomic E-state index is 9.42. The summed E-state index contributed by atoms with van der Waals surface area (Å²) in [6, 6.07) is 7.38. The molecule has 0 saturated carbocycles. The maximum Gasteiger partial charge on any atom is 0.0587 e. The zero-order chi connectivity index (χ0) is 13.8. The number of hydrogen-bond acceptors (Lipinski definition) is 2. The van der Waals surface area contributed by atoms with Gasteiger partial charge >= 0.3 is 0 Å².